The molecule has 1 aliphatic carbocycles. The van der Waals surface area contributed by atoms with Gasteiger partial charge in [-0.2, -0.15) is 0 Å². The fourth-order valence-corrected chi connectivity index (χ4v) is 3.82. The second-order valence-electron chi connectivity index (χ2n) is 6.28. The summed E-state index contributed by atoms with van der Waals surface area (Å²) in [5.74, 6) is 0.949. The normalized spacial score (nSPS) is 27.6. The van der Waals surface area contributed by atoms with Crippen molar-refractivity contribution in [3.63, 3.8) is 0 Å². The molecular formula is C17H33BrO. The molecule has 114 valence electrons. The van der Waals surface area contributed by atoms with Gasteiger partial charge in [0.2, 0.25) is 0 Å². The van der Waals surface area contributed by atoms with Gasteiger partial charge in [0.25, 0.3) is 0 Å². The van der Waals surface area contributed by atoms with Crippen molar-refractivity contribution < 1.29 is 4.74 Å². The fourth-order valence-electron chi connectivity index (χ4n) is 3.10. The molecule has 0 aromatic rings. The standard InChI is InChI=1S/C17H33BrO/c1-3-5-6-7-8-9-14-19-17(15-18)12-10-16(4-2)11-13-17/h16H,3-15H2,1-2H3. The van der Waals surface area contributed by atoms with Crippen LogP contribution >= 0.6 is 15.9 Å². The fraction of sp³-hybridized carbons (Fsp3) is 1.00. The van der Waals surface area contributed by atoms with Gasteiger partial charge in [0.1, 0.15) is 0 Å². The molecule has 0 N–H and O–H groups in total. The van der Waals surface area contributed by atoms with E-state index in [1.807, 2.05) is 0 Å². The number of rotatable bonds is 10. The molecule has 2 heteroatoms. The maximum absolute atomic E-state index is 6.27. The largest absolute Gasteiger partial charge is 0.374 e. The van der Waals surface area contributed by atoms with Gasteiger partial charge in [-0.1, -0.05) is 68.3 Å². The summed E-state index contributed by atoms with van der Waals surface area (Å²) in [6.07, 6.45) is 14.7. The van der Waals surface area contributed by atoms with Crippen molar-refractivity contribution in [3.05, 3.63) is 0 Å². The van der Waals surface area contributed by atoms with Gasteiger partial charge in [0.05, 0.1) is 5.60 Å². The van der Waals surface area contributed by atoms with E-state index in [0.29, 0.717) is 0 Å². The molecule has 0 aromatic carbocycles. The lowest BCUT2D eigenvalue weighted by Crippen LogP contribution is -2.39. The Morgan fingerprint density at radius 3 is 2.21 bits per heavy atom. The smallest absolute Gasteiger partial charge is 0.0779 e. The average molecular weight is 333 g/mol. The summed E-state index contributed by atoms with van der Waals surface area (Å²) in [7, 11) is 0. The van der Waals surface area contributed by atoms with Crippen LogP contribution in [0.4, 0.5) is 0 Å². The summed E-state index contributed by atoms with van der Waals surface area (Å²) < 4.78 is 6.27. The van der Waals surface area contributed by atoms with Crippen molar-refractivity contribution in [2.45, 2.75) is 90.1 Å². The molecule has 0 amide bonds. The molecule has 0 radical (unpaired) electrons. The van der Waals surface area contributed by atoms with Crippen LogP contribution in [0, 0.1) is 5.92 Å². The van der Waals surface area contributed by atoms with Crippen LogP contribution in [0.5, 0.6) is 0 Å². The zero-order valence-corrected chi connectivity index (χ0v) is 14.6. The highest BCUT2D eigenvalue weighted by Crippen LogP contribution is 2.37. The van der Waals surface area contributed by atoms with Crippen molar-refractivity contribution in [2.75, 3.05) is 11.9 Å². The molecule has 1 fully saturated rings. The van der Waals surface area contributed by atoms with Gasteiger partial charge in [-0.3, -0.25) is 0 Å². The van der Waals surface area contributed by atoms with Gasteiger partial charge in [-0.25, -0.2) is 0 Å². The Balaban J connectivity index is 2.11. The van der Waals surface area contributed by atoms with Crippen LogP contribution in [0.15, 0.2) is 0 Å². The Kier molecular flexibility index (Phi) is 9.40. The second kappa shape index (κ2) is 10.2. The lowest BCUT2D eigenvalue weighted by atomic mass is 9.78. The van der Waals surface area contributed by atoms with Crippen LogP contribution in [0.25, 0.3) is 0 Å². The van der Waals surface area contributed by atoms with Crippen LogP contribution in [0.2, 0.25) is 0 Å². The molecule has 0 spiro atoms. The number of hydrogen-bond acceptors (Lipinski definition) is 1. The molecule has 0 heterocycles. The molecule has 0 unspecified atom stereocenters. The van der Waals surface area contributed by atoms with Crippen LogP contribution in [0.3, 0.4) is 0 Å². The summed E-state index contributed by atoms with van der Waals surface area (Å²) >= 11 is 3.69. The Bertz CT molecular complexity index is 209. The molecule has 1 rings (SSSR count). The first-order valence-electron chi connectivity index (χ1n) is 8.46. The maximum atomic E-state index is 6.27. The minimum Gasteiger partial charge on any atom is -0.374 e. The van der Waals surface area contributed by atoms with Crippen molar-refractivity contribution in [1.82, 2.24) is 0 Å². The number of hydrogen-bond donors (Lipinski definition) is 0. The molecular weight excluding hydrogens is 300 g/mol. The van der Waals surface area contributed by atoms with E-state index in [-0.39, 0.29) is 5.60 Å². The van der Waals surface area contributed by atoms with Crippen LogP contribution < -0.4 is 0 Å². The molecule has 19 heavy (non-hydrogen) atoms. The van der Waals surface area contributed by atoms with Gasteiger partial charge in [0, 0.05) is 11.9 Å². The Morgan fingerprint density at radius 2 is 1.63 bits per heavy atom. The Labute approximate surface area is 129 Å². The maximum Gasteiger partial charge on any atom is 0.0779 e. The monoisotopic (exact) mass is 332 g/mol. The SMILES string of the molecule is CCCCCCCCOC1(CBr)CCC(CC)CC1. The molecule has 1 saturated carbocycles. The molecule has 0 aliphatic heterocycles. The topological polar surface area (TPSA) is 9.23 Å². The predicted molar refractivity (Wildman–Crippen MR) is 88.1 cm³/mol. The summed E-state index contributed by atoms with van der Waals surface area (Å²) in [5.41, 5.74) is 0.162. The van der Waals surface area contributed by atoms with Gasteiger partial charge in [0.15, 0.2) is 0 Å². The van der Waals surface area contributed by atoms with Crippen LogP contribution in [-0.2, 0) is 4.74 Å². The quantitative estimate of drug-likeness (QED) is 0.347. The van der Waals surface area contributed by atoms with Gasteiger partial charge >= 0.3 is 0 Å². The van der Waals surface area contributed by atoms with E-state index in [4.69, 9.17) is 4.74 Å². The van der Waals surface area contributed by atoms with E-state index >= 15 is 0 Å². The molecule has 0 bridgehead atoms. The summed E-state index contributed by atoms with van der Waals surface area (Å²) in [6.45, 7) is 5.56. The second-order valence-corrected chi connectivity index (χ2v) is 6.85. The Hall–Kier alpha value is 0.440. The van der Waals surface area contributed by atoms with Crippen molar-refractivity contribution in [2.24, 2.45) is 5.92 Å². The number of halogens is 1. The van der Waals surface area contributed by atoms with E-state index < -0.39 is 0 Å². The highest BCUT2D eigenvalue weighted by molar-refractivity contribution is 9.09. The van der Waals surface area contributed by atoms with Crippen molar-refractivity contribution >= 4 is 15.9 Å². The van der Waals surface area contributed by atoms with E-state index in [1.165, 1.54) is 70.6 Å². The van der Waals surface area contributed by atoms with E-state index in [0.717, 1.165) is 17.9 Å². The summed E-state index contributed by atoms with van der Waals surface area (Å²) in [4.78, 5) is 0. The third kappa shape index (κ3) is 6.62. The first-order valence-corrected chi connectivity index (χ1v) is 9.58. The third-order valence-corrected chi connectivity index (χ3v) is 5.77. The molecule has 0 aromatic heterocycles. The lowest BCUT2D eigenvalue weighted by Gasteiger charge is -2.39. The number of alkyl halides is 1. The van der Waals surface area contributed by atoms with Crippen LogP contribution in [0.1, 0.15) is 84.5 Å². The van der Waals surface area contributed by atoms with Crippen molar-refractivity contribution in [1.29, 1.82) is 0 Å². The van der Waals surface area contributed by atoms with E-state index in [1.54, 1.807) is 0 Å². The summed E-state index contributed by atoms with van der Waals surface area (Å²) in [6, 6.07) is 0. The zero-order chi connectivity index (χ0) is 14.0. The van der Waals surface area contributed by atoms with E-state index in [9.17, 15) is 0 Å². The molecule has 1 aliphatic rings. The van der Waals surface area contributed by atoms with Gasteiger partial charge in [-0.05, 0) is 38.0 Å². The van der Waals surface area contributed by atoms with E-state index in [2.05, 4.69) is 29.8 Å². The summed E-state index contributed by atoms with van der Waals surface area (Å²) in [5, 5.41) is 1.02. The lowest BCUT2D eigenvalue weighted by molar-refractivity contribution is -0.0614. The molecule has 0 saturated heterocycles. The predicted octanol–water partition coefficient (Wildman–Crippen LogP) is 6.10. The van der Waals surface area contributed by atoms with Gasteiger partial charge in [-0.15, -0.1) is 0 Å². The Morgan fingerprint density at radius 1 is 1.00 bits per heavy atom. The number of unbranched alkanes of at least 4 members (excludes halogenated alkanes) is 5. The first kappa shape index (κ1) is 17.5. The van der Waals surface area contributed by atoms with Crippen molar-refractivity contribution in [3.8, 4) is 0 Å². The zero-order valence-electron chi connectivity index (χ0n) is 13.1. The first-order chi connectivity index (χ1) is 9.26. The minimum absolute atomic E-state index is 0.162. The molecule has 0 atom stereocenters. The molecule has 1 nitrogen and oxygen atoms in total. The number of ether oxygens (including phenoxy) is 1. The van der Waals surface area contributed by atoms with Crippen LogP contribution in [-0.4, -0.2) is 17.5 Å². The average Bonchev–Trinajstić information content (AvgIpc) is 2.47. The highest BCUT2D eigenvalue weighted by atomic mass is 79.9. The highest BCUT2D eigenvalue weighted by Gasteiger charge is 2.34. The third-order valence-electron chi connectivity index (χ3n) is 4.74. The van der Waals surface area contributed by atoms with Gasteiger partial charge < -0.3 is 4.74 Å². The minimum atomic E-state index is 0.162.